The molecule has 2 amide bonds. The van der Waals surface area contributed by atoms with Crippen LogP contribution in [0.3, 0.4) is 0 Å². The highest BCUT2D eigenvalue weighted by atomic mass is 16.5. The summed E-state index contributed by atoms with van der Waals surface area (Å²) in [5, 5.41) is 6.63. The highest BCUT2D eigenvalue weighted by Gasteiger charge is 2.16. The number of nitrogens with one attached hydrogen (secondary N) is 2. The van der Waals surface area contributed by atoms with Gasteiger partial charge in [0.05, 0.1) is 18.4 Å². The summed E-state index contributed by atoms with van der Waals surface area (Å²) < 4.78 is 12.4. The van der Waals surface area contributed by atoms with E-state index in [0.29, 0.717) is 17.9 Å². The topological polar surface area (TPSA) is 111 Å². The fourth-order valence-electron chi connectivity index (χ4n) is 3.55. The summed E-state index contributed by atoms with van der Waals surface area (Å²) in [6.45, 7) is 7.35. The third-order valence-electron chi connectivity index (χ3n) is 5.37. The zero-order chi connectivity index (χ0) is 26.1. The summed E-state index contributed by atoms with van der Waals surface area (Å²) in [6, 6.07) is 17.2. The predicted molar refractivity (Wildman–Crippen MR) is 136 cm³/mol. The van der Waals surface area contributed by atoms with Crippen molar-refractivity contribution < 1.29 is 23.9 Å². The number of hydrogen-bond acceptors (Lipinski definition) is 6. The molecule has 0 saturated heterocycles. The standard InChI is InChI=1S/C27H30N4O5/c1-5-35-27(34)21-11-13-23(14-12-21)31-18(2)15-22(20(31)4)16-28-30-26(33)19(3)29-25(32)17-36-24-9-7-6-8-10-24/h6-16,19H,5,17H2,1-4H3,(H,29,32)(H,30,33)/b28-16+/t19-/m1/s1. The summed E-state index contributed by atoms with van der Waals surface area (Å²) in [4.78, 5) is 36.3. The maximum Gasteiger partial charge on any atom is 0.338 e. The monoisotopic (exact) mass is 490 g/mol. The maximum absolute atomic E-state index is 12.3. The molecule has 0 spiro atoms. The van der Waals surface area contributed by atoms with E-state index in [1.54, 1.807) is 56.5 Å². The first-order chi connectivity index (χ1) is 17.3. The Hall–Kier alpha value is -4.40. The second kappa shape index (κ2) is 12.3. The predicted octanol–water partition coefficient (Wildman–Crippen LogP) is 3.30. The van der Waals surface area contributed by atoms with Crippen LogP contribution in [0.25, 0.3) is 5.69 Å². The average Bonchev–Trinajstić information content (AvgIpc) is 3.16. The average molecular weight is 491 g/mol. The summed E-state index contributed by atoms with van der Waals surface area (Å²) in [5.41, 5.74) is 6.51. The second-order valence-corrected chi connectivity index (χ2v) is 8.05. The van der Waals surface area contributed by atoms with Crippen LogP contribution < -0.4 is 15.5 Å². The normalized spacial score (nSPS) is 11.7. The first kappa shape index (κ1) is 26.2. The van der Waals surface area contributed by atoms with Crippen LogP contribution in [-0.4, -0.2) is 47.8 Å². The quantitative estimate of drug-likeness (QED) is 0.257. The van der Waals surface area contributed by atoms with Crippen molar-refractivity contribution in [1.29, 1.82) is 0 Å². The van der Waals surface area contributed by atoms with Crippen LogP contribution in [0.4, 0.5) is 0 Å². The molecular weight excluding hydrogens is 460 g/mol. The van der Waals surface area contributed by atoms with Gasteiger partial charge < -0.3 is 19.4 Å². The molecular formula is C27H30N4O5. The van der Waals surface area contributed by atoms with Crippen molar-refractivity contribution in [3.05, 3.63) is 83.2 Å². The van der Waals surface area contributed by atoms with Crippen molar-refractivity contribution in [2.24, 2.45) is 5.10 Å². The summed E-state index contributed by atoms with van der Waals surface area (Å²) in [5.74, 6) is -0.657. The largest absolute Gasteiger partial charge is 0.484 e. The minimum atomic E-state index is -0.792. The number of carbonyl (C=O) groups is 3. The van der Waals surface area contributed by atoms with E-state index < -0.39 is 17.9 Å². The molecule has 3 rings (SSSR count). The van der Waals surface area contributed by atoms with Crippen LogP contribution in [-0.2, 0) is 14.3 Å². The SMILES string of the molecule is CCOC(=O)c1ccc(-n2c(C)cc(/C=N/NC(=O)[C@@H](C)NC(=O)COc3ccccc3)c2C)cc1. The lowest BCUT2D eigenvalue weighted by Gasteiger charge is -2.12. The highest BCUT2D eigenvalue weighted by molar-refractivity contribution is 5.90. The Morgan fingerprint density at radius 2 is 1.75 bits per heavy atom. The molecule has 0 fully saturated rings. The van der Waals surface area contributed by atoms with Crippen LogP contribution in [0.2, 0.25) is 0 Å². The van der Waals surface area contributed by atoms with E-state index in [9.17, 15) is 14.4 Å². The van der Waals surface area contributed by atoms with Gasteiger partial charge in [-0.15, -0.1) is 0 Å². The van der Waals surface area contributed by atoms with Crippen molar-refractivity contribution in [1.82, 2.24) is 15.3 Å². The molecule has 1 heterocycles. The fourth-order valence-corrected chi connectivity index (χ4v) is 3.55. The van der Waals surface area contributed by atoms with E-state index in [0.717, 1.165) is 22.6 Å². The minimum Gasteiger partial charge on any atom is -0.484 e. The molecule has 0 aliphatic carbocycles. The van der Waals surface area contributed by atoms with Gasteiger partial charge in [0, 0.05) is 22.6 Å². The van der Waals surface area contributed by atoms with Crippen LogP contribution >= 0.6 is 0 Å². The van der Waals surface area contributed by atoms with Crippen molar-refractivity contribution >= 4 is 24.0 Å². The van der Waals surface area contributed by atoms with E-state index in [1.165, 1.54) is 0 Å². The molecule has 9 nitrogen and oxygen atoms in total. The summed E-state index contributed by atoms with van der Waals surface area (Å²) in [7, 11) is 0. The van der Waals surface area contributed by atoms with Gasteiger partial charge in [0.25, 0.3) is 11.8 Å². The number of benzene rings is 2. The lowest BCUT2D eigenvalue weighted by atomic mass is 10.2. The maximum atomic E-state index is 12.3. The molecule has 2 aromatic carbocycles. The summed E-state index contributed by atoms with van der Waals surface area (Å²) >= 11 is 0. The zero-order valence-corrected chi connectivity index (χ0v) is 20.8. The van der Waals surface area contributed by atoms with E-state index in [2.05, 4.69) is 15.8 Å². The number of aromatic nitrogens is 1. The molecule has 1 aromatic heterocycles. The van der Waals surface area contributed by atoms with Crippen LogP contribution in [0.5, 0.6) is 5.75 Å². The molecule has 36 heavy (non-hydrogen) atoms. The molecule has 1 atom stereocenters. The number of amides is 2. The van der Waals surface area contributed by atoms with Crippen LogP contribution in [0, 0.1) is 13.8 Å². The Labute approximate surface area is 210 Å². The number of aryl methyl sites for hydroxylation is 1. The number of ether oxygens (including phenoxy) is 2. The van der Waals surface area contributed by atoms with Crippen molar-refractivity contribution in [2.75, 3.05) is 13.2 Å². The lowest BCUT2D eigenvalue weighted by molar-refractivity contribution is -0.129. The molecule has 0 unspecified atom stereocenters. The van der Waals surface area contributed by atoms with E-state index >= 15 is 0 Å². The van der Waals surface area contributed by atoms with Crippen molar-refractivity contribution in [3.8, 4) is 11.4 Å². The molecule has 188 valence electrons. The van der Waals surface area contributed by atoms with Crippen molar-refractivity contribution in [3.63, 3.8) is 0 Å². The molecule has 9 heteroatoms. The van der Waals surface area contributed by atoms with Crippen LogP contribution in [0.15, 0.2) is 65.8 Å². The molecule has 0 radical (unpaired) electrons. The van der Waals surface area contributed by atoms with E-state index in [4.69, 9.17) is 9.47 Å². The van der Waals surface area contributed by atoms with Gasteiger partial charge in [-0.1, -0.05) is 18.2 Å². The van der Waals surface area contributed by atoms with Crippen molar-refractivity contribution in [2.45, 2.75) is 33.7 Å². The molecule has 0 bridgehead atoms. The number of esters is 1. The first-order valence-electron chi connectivity index (χ1n) is 11.6. The molecule has 2 N–H and O–H groups in total. The number of hydrazone groups is 1. The Morgan fingerprint density at radius 1 is 1.06 bits per heavy atom. The number of para-hydroxylation sites is 1. The van der Waals surface area contributed by atoms with E-state index in [-0.39, 0.29) is 12.6 Å². The first-order valence-corrected chi connectivity index (χ1v) is 11.6. The van der Waals surface area contributed by atoms with Gasteiger partial charge in [0.1, 0.15) is 11.8 Å². The molecule has 0 aliphatic rings. The van der Waals surface area contributed by atoms with Gasteiger partial charge in [0.15, 0.2) is 6.61 Å². The minimum absolute atomic E-state index is 0.197. The van der Waals surface area contributed by atoms with Gasteiger partial charge in [-0.25, -0.2) is 10.2 Å². The summed E-state index contributed by atoms with van der Waals surface area (Å²) in [6.07, 6.45) is 1.55. The van der Waals surface area contributed by atoms with Gasteiger partial charge >= 0.3 is 5.97 Å². The Morgan fingerprint density at radius 3 is 2.42 bits per heavy atom. The number of nitrogens with zero attached hydrogens (tertiary/aromatic N) is 2. The number of rotatable bonds is 10. The molecule has 3 aromatic rings. The smallest absolute Gasteiger partial charge is 0.338 e. The third-order valence-corrected chi connectivity index (χ3v) is 5.37. The van der Waals surface area contributed by atoms with Gasteiger partial charge in [-0.2, -0.15) is 5.10 Å². The Balaban J connectivity index is 1.56. The third kappa shape index (κ3) is 6.82. The molecule has 0 saturated carbocycles. The van der Waals surface area contributed by atoms with Gasteiger partial charge in [-0.05, 0) is 70.2 Å². The van der Waals surface area contributed by atoms with Gasteiger partial charge in [0.2, 0.25) is 0 Å². The number of carbonyl (C=O) groups excluding carboxylic acids is 3. The lowest BCUT2D eigenvalue weighted by Crippen LogP contribution is -2.45. The molecule has 0 aliphatic heterocycles. The second-order valence-electron chi connectivity index (χ2n) is 8.05. The fraction of sp³-hybridized carbons (Fsp3) is 0.259. The zero-order valence-electron chi connectivity index (χ0n) is 20.8. The van der Waals surface area contributed by atoms with Gasteiger partial charge in [-0.3, -0.25) is 9.59 Å². The van der Waals surface area contributed by atoms with E-state index in [1.807, 2.05) is 42.7 Å². The van der Waals surface area contributed by atoms with Crippen LogP contribution in [0.1, 0.15) is 41.2 Å². The Bertz CT molecular complexity index is 1230. The number of hydrogen-bond donors (Lipinski definition) is 2. The highest BCUT2D eigenvalue weighted by Crippen LogP contribution is 2.20. The Kier molecular flexibility index (Phi) is 8.99.